The molecule has 6 heteroatoms. The Bertz CT molecular complexity index is 486. The first-order chi connectivity index (χ1) is 8.15. The highest BCUT2D eigenvalue weighted by atomic mass is 79.9. The van der Waals surface area contributed by atoms with E-state index in [1.54, 1.807) is 24.8 Å². The number of rotatable bonds is 4. The Morgan fingerprint density at radius 2 is 2.24 bits per heavy atom. The van der Waals surface area contributed by atoms with Gasteiger partial charge >= 0.3 is 0 Å². The fourth-order valence-corrected chi connectivity index (χ4v) is 1.87. The van der Waals surface area contributed by atoms with Crippen molar-refractivity contribution in [3.63, 3.8) is 0 Å². The number of hydrogen-bond donors (Lipinski definition) is 2. The van der Waals surface area contributed by atoms with Crippen molar-refractivity contribution in [2.45, 2.75) is 13.1 Å². The number of nitrogens with one attached hydrogen (secondary N) is 1. The van der Waals surface area contributed by atoms with Gasteiger partial charge in [-0.25, -0.2) is 4.98 Å². The van der Waals surface area contributed by atoms with Gasteiger partial charge in [-0.05, 0) is 29.0 Å². The number of aromatic nitrogens is 3. The van der Waals surface area contributed by atoms with Gasteiger partial charge in [-0.15, -0.1) is 0 Å². The summed E-state index contributed by atoms with van der Waals surface area (Å²) in [6.07, 6.45) is 5.11. The lowest BCUT2D eigenvalue weighted by molar-refractivity contribution is 0.304. The summed E-state index contributed by atoms with van der Waals surface area (Å²) in [5, 5.41) is 9.73. The molecule has 0 aliphatic rings. The van der Waals surface area contributed by atoms with E-state index in [0.29, 0.717) is 12.2 Å². The number of aromatic hydroxyl groups is 1. The van der Waals surface area contributed by atoms with Gasteiger partial charge in [0.15, 0.2) is 0 Å². The van der Waals surface area contributed by atoms with Crippen LogP contribution in [0, 0.1) is 0 Å². The predicted octanol–water partition coefficient (Wildman–Crippen LogP) is 1.90. The Hall–Kier alpha value is -1.40. The van der Waals surface area contributed by atoms with Crippen LogP contribution in [0.2, 0.25) is 0 Å². The standard InChI is InChI=1S/C11H13BrN4O/c1-16(5-9-4-13-7-15-9)6-10-11(17)2-8(12)3-14-10/h2-4,7,17H,5-6H2,1H3,(H,13,15). The van der Waals surface area contributed by atoms with Gasteiger partial charge in [0.1, 0.15) is 5.75 Å². The normalized spacial score (nSPS) is 11.0. The molecular weight excluding hydrogens is 284 g/mol. The topological polar surface area (TPSA) is 65.0 Å². The molecule has 17 heavy (non-hydrogen) atoms. The number of hydrogen-bond acceptors (Lipinski definition) is 4. The van der Waals surface area contributed by atoms with E-state index in [1.165, 1.54) is 0 Å². The molecule has 5 nitrogen and oxygen atoms in total. The lowest BCUT2D eigenvalue weighted by atomic mass is 10.3. The Kier molecular flexibility index (Phi) is 3.75. The van der Waals surface area contributed by atoms with Crippen molar-refractivity contribution in [3.8, 4) is 5.75 Å². The fourth-order valence-electron chi connectivity index (χ4n) is 1.55. The second-order valence-electron chi connectivity index (χ2n) is 3.87. The first-order valence-corrected chi connectivity index (χ1v) is 5.93. The van der Waals surface area contributed by atoms with E-state index in [0.717, 1.165) is 16.7 Å². The van der Waals surface area contributed by atoms with Gasteiger partial charge in [-0.1, -0.05) is 0 Å². The summed E-state index contributed by atoms with van der Waals surface area (Å²) in [6, 6.07) is 1.65. The van der Waals surface area contributed by atoms with Crippen LogP contribution >= 0.6 is 15.9 Å². The zero-order chi connectivity index (χ0) is 12.3. The van der Waals surface area contributed by atoms with E-state index in [1.807, 2.05) is 11.9 Å². The molecule has 0 atom stereocenters. The Labute approximate surface area is 108 Å². The van der Waals surface area contributed by atoms with Crippen LogP contribution in [0.3, 0.4) is 0 Å². The van der Waals surface area contributed by atoms with Gasteiger partial charge < -0.3 is 10.1 Å². The van der Waals surface area contributed by atoms with Crippen LogP contribution in [-0.4, -0.2) is 32.0 Å². The molecule has 0 bridgehead atoms. The first kappa shape index (κ1) is 12.1. The molecule has 0 spiro atoms. The summed E-state index contributed by atoms with van der Waals surface area (Å²) in [5.41, 5.74) is 1.69. The minimum absolute atomic E-state index is 0.204. The molecule has 0 fully saturated rings. The van der Waals surface area contributed by atoms with E-state index < -0.39 is 0 Å². The number of aromatic amines is 1. The molecule has 0 unspecified atom stereocenters. The molecule has 0 amide bonds. The number of nitrogens with zero attached hydrogens (tertiary/aromatic N) is 3. The molecule has 2 N–H and O–H groups in total. The van der Waals surface area contributed by atoms with Crippen molar-refractivity contribution in [1.82, 2.24) is 19.9 Å². The molecule has 0 radical (unpaired) electrons. The quantitative estimate of drug-likeness (QED) is 0.904. The third-order valence-electron chi connectivity index (χ3n) is 2.33. The smallest absolute Gasteiger partial charge is 0.139 e. The highest BCUT2D eigenvalue weighted by molar-refractivity contribution is 9.10. The molecule has 90 valence electrons. The molecule has 2 aromatic heterocycles. The van der Waals surface area contributed by atoms with Crippen LogP contribution in [0.4, 0.5) is 0 Å². The van der Waals surface area contributed by atoms with Crippen molar-refractivity contribution in [2.24, 2.45) is 0 Å². The Morgan fingerprint density at radius 1 is 1.41 bits per heavy atom. The van der Waals surface area contributed by atoms with Crippen molar-refractivity contribution in [2.75, 3.05) is 7.05 Å². The molecule has 0 aliphatic carbocycles. The highest BCUT2D eigenvalue weighted by Gasteiger charge is 2.08. The van der Waals surface area contributed by atoms with E-state index in [2.05, 4.69) is 30.9 Å². The van der Waals surface area contributed by atoms with E-state index >= 15 is 0 Å². The van der Waals surface area contributed by atoms with Gasteiger partial charge in [0, 0.05) is 35.6 Å². The highest BCUT2D eigenvalue weighted by Crippen LogP contribution is 2.20. The van der Waals surface area contributed by atoms with Crippen molar-refractivity contribution in [3.05, 3.63) is 40.6 Å². The monoisotopic (exact) mass is 296 g/mol. The second kappa shape index (κ2) is 5.29. The van der Waals surface area contributed by atoms with Crippen LogP contribution in [0.5, 0.6) is 5.75 Å². The fraction of sp³-hybridized carbons (Fsp3) is 0.273. The second-order valence-corrected chi connectivity index (χ2v) is 4.78. The van der Waals surface area contributed by atoms with Crippen LogP contribution in [0.15, 0.2) is 29.3 Å². The summed E-state index contributed by atoms with van der Waals surface area (Å²) < 4.78 is 0.773. The van der Waals surface area contributed by atoms with Gasteiger partial charge in [0.25, 0.3) is 0 Å². The van der Waals surface area contributed by atoms with Crippen LogP contribution in [-0.2, 0) is 13.1 Å². The first-order valence-electron chi connectivity index (χ1n) is 5.14. The van der Waals surface area contributed by atoms with Crippen molar-refractivity contribution >= 4 is 15.9 Å². The van der Waals surface area contributed by atoms with Crippen LogP contribution in [0.1, 0.15) is 11.4 Å². The van der Waals surface area contributed by atoms with Gasteiger partial charge in [0.05, 0.1) is 12.0 Å². The Morgan fingerprint density at radius 3 is 2.88 bits per heavy atom. The molecule has 0 saturated carbocycles. The van der Waals surface area contributed by atoms with Crippen LogP contribution in [0.25, 0.3) is 0 Å². The molecule has 2 heterocycles. The lowest BCUT2D eigenvalue weighted by Gasteiger charge is -2.15. The maximum Gasteiger partial charge on any atom is 0.139 e. The summed E-state index contributed by atoms with van der Waals surface area (Å²) >= 11 is 3.26. The van der Waals surface area contributed by atoms with Gasteiger partial charge in [-0.2, -0.15) is 0 Å². The summed E-state index contributed by atoms with van der Waals surface area (Å²) in [7, 11) is 1.96. The maximum absolute atomic E-state index is 9.73. The van der Waals surface area contributed by atoms with E-state index in [4.69, 9.17) is 0 Å². The number of pyridine rings is 1. The van der Waals surface area contributed by atoms with Crippen molar-refractivity contribution < 1.29 is 5.11 Å². The van der Waals surface area contributed by atoms with Gasteiger partial charge in [0.2, 0.25) is 0 Å². The molecule has 2 aromatic rings. The minimum atomic E-state index is 0.204. The summed E-state index contributed by atoms with van der Waals surface area (Å²) in [6.45, 7) is 1.31. The van der Waals surface area contributed by atoms with Gasteiger partial charge in [-0.3, -0.25) is 9.88 Å². The predicted molar refractivity (Wildman–Crippen MR) is 67.4 cm³/mol. The molecule has 2 rings (SSSR count). The lowest BCUT2D eigenvalue weighted by Crippen LogP contribution is -2.18. The van der Waals surface area contributed by atoms with E-state index in [9.17, 15) is 5.11 Å². The largest absolute Gasteiger partial charge is 0.506 e. The minimum Gasteiger partial charge on any atom is -0.506 e. The summed E-state index contributed by atoms with van der Waals surface area (Å²) in [4.78, 5) is 13.2. The van der Waals surface area contributed by atoms with Crippen molar-refractivity contribution in [1.29, 1.82) is 0 Å². The third kappa shape index (κ3) is 3.28. The average Bonchev–Trinajstić information content (AvgIpc) is 2.75. The maximum atomic E-state index is 9.73. The molecule has 0 aliphatic heterocycles. The van der Waals surface area contributed by atoms with Crippen LogP contribution < -0.4 is 0 Å². The zero-order valence-corrected chi connectivity index (χ0v) is 11.0. The number of imidazole rings is 1. The molecule has 0 aromatic carbocycles. The third-order valence-corrected chi connectivity index (χ3v) is 2.76. The molecule has 0 saturated heterocycles. The number of halogens is 1. The number of H-pyrrole nitrogens is 1. The summed E-state index contributed by atoms with van der Waals surface area (Å²) in [5.74, 6) is 0.204. The van der Waals surface area contributed by atoms with E-state index in [-0.39, 0.29) is 5.75 Å². The zero-order valence-electron chi connectivity index (χ0n) is 9.39. The SMILES string of the molecule is CN(Cc1cnc[nH]1)Cc1ncc(Br)cc1O. The molecular formula is C11H13BrN4O. The average molecular weight is 297 g/mol. The Balaban J connectivity index is 2.00.